The van der Waals surface area contributed by atoms with Crippen LogP contribution in [0.2, 0.25) is 0 Å². The van der Waals surface area contributed by atoms with Gasteiger partial charge in [-0.2, -0.15) is 5.10 Å². The Morgan fingerprint density at radius 3 is 2.54 bits per heavy atom. The summed E-state index contributed by atoms with van der Waals surface area (Å²) < 4.78 is 1.90. The molecule has 1 N–H and O–H groups in total. The van der Waals surface area contributed by atoms with Gasteiger partial charge in [-0.1, -0.05) is 6.07 Å². The number of likely N-dealkylation sites (tertiary alicyclic amines) is 1. The van der Waals surface area contributed by atoms with Crippen LogP contribution in [-0.4, -0.2) is 40.2 Å². The van der Waals surface area contributed by atoms with Gasteiger partial charge in [0.2, 0.25) is 0 Å². The van der Waals surface area contributed by atoms with E-state index in [0.717, 1.165) is 30.2 Å². The molecule has 4 rings (SSSR count). The van der Waals surface area contributed by atoms with Crippen molar-refractivity contribution in [1.82, 2.24) is 20.0 Å². The van der Waals surface area contributed by atoms with Crippen molar-refractivity contribution in [2.45, 2.75) is 32.7 Å². The minimum absolute atomic E-state index is 0.0272. The first-order chi connectivity index (χ1) is 13.6. The van der Waals surface area contributed by atoms with Crippen LogP contribution in [0.1, 0.15) is 45.5 Å². The van der Waals surface area contributed by atoms with Crippen molar-refractivity contribution in [3.8, 4) is 5.69 Å². The Balaban J connectivity index is 1.43. The van der Waals surface area contributed by atoms with Crippen molar-refractivity contribution in [3.63, 3.8) is 0 Å². The van der Waals surface area contributed by atoms with E-state index < -0.39 is 0 Å². The highest BCUT2D eigenvalue weighted by atomic mass is 32.1. The van der Waals surface area contributed by atoms with E-state index in [1.54, 1.807) is 11.3 Å². The maximum atomic E-state index is 12.7. The van der Waals surface area contributed by atoms with Crippen LogP contribution in [0, 0.1) is 13.8 Å². The van der Waals surface area contributed by atoms with Crippen LogP contribution >= 0.6 is 11.3 Å². The lowest BCUT2D eigenvalue weighted by atomic mass is 10.1. The molecular formula is C22H26N4OS. The number of carbonyl (C=O) groups is 1. The van der Waals surface area contributed by atoms with Gasteiger partial charge in [0, 0.05) is 22.7 Å². The molecular weight excluding hydrogens is 368 g/mol. The molecule has 0 spiro atoms. The topological polar surface area (TPSA) is 50.2 Å². The molecule has 1 saturated heterocycles. The van der Waals surface area contributed by atoms with Gasteiger partial charge < -0.3 is 5.32 Å². The Kier molecular flexibility index (Phi) is 5.59. The number of aromatic nitrogens is 2. The number of benzene rings is 1. The first kappa shape index (κ1) is 18.9. The average Bonchev–Trinajstić information content (AvgIpc) is 3.45. The van der Waals surface area contributed by atoms with Crippen molar-refractivity contribution in [2.24, 2.45) is 0 Å². The second kappa shape index (κ2) is 8.29. The fourth-order valence-corrected chi connectivity index (χ4v) is 4.74. The second-order valence-corrected chi connectivity index (χ2v) is 8.35. The van der Waals surface area contributed by atoms with Crippen LogP contribution < -0.4 is 5.32 Å². The summed E-state index contributed by atoms with van der Waals surface area (Å²) in [6.07, 6.45) is 2.48. The van der Waals surface area contributed by atoms with E-state index in [9.17, 15) is 4.79 Å². The van der Waals surface area contributed by atoms with Gasteiger partial charge in [-0.25, -0.2) is 4.68 Å². The van der Waals surface area contributed by atoms with Gasteiger partial charge in [-0.05, 0) is 81.6 Å². The molecule has 0 saturated carbocycles. The van der Waals surface area contributed by atoms with E-state index in [2.05, 4.69) is 32.8 Å². The molecule has 1 aliphatic heterocycles. The first-order valence-corrected chi connectivity index (χ1v) is 10.7. The van der Waals surface area contributed by atoms with Crippen molar-refractivity contribution < 1.29 is 4.79 Å². The van der Waals surface area contributed by atoms with Gasteiger partial charge in [-0.15, -0.1) is 11.3 Å². The average molecular weight is 395 g/mol. The second-order valence-electron chi connectivity index (χ2n) is 7.37. The van der Waals surface area contributed by atoms with E-state index >= 15 is 0 Å². The van der Waals surface area contributed by atoms with Crippen molar-refractivity contribution in [3.05, 3.63) is 69.7 Å². The minimum Gasteiger partial charge on any atom is -0.350 e. The third-order valence-electron chi connectivity index (χ3n) is 5.29. The molecule has 1 fully saturated rings. The molecule has 0 bridgehead atoms. The molecule has 1 aliphatic rings. The Morgan fingerprint density at radius 2 is 1.93 bits per heavy atom. The normalized spacial score (nSPS) is 15.6. The van der Waals surface area contributed by atoms with Gasteiger partial charge in [-0.3, -0.25) is 9.69 Å². The number of hydrogen-bond acceptors (Lipinski definition) is 4. The van der Waals surface area contributed by atoms with E-state index in [4.69, 9.17) is 0 Å². The van der Waals surface area contributed by atoms with Gasteiger partial charge in [0.15, 0.2) is 0 Å². The zero-order chi connectivity index (χ0) is 19.5. The minimum atomic E-state index is -0.0272. The lowest BCUT2D eigenvalue weighted by Crippen LogP contribution is -2.36. The summed E-state index contributed by atoms with van der Waals surface area (Å²) in [6.45, 7) is 6.86. The molecule has 0 radical (unpaired) electrons. The smallest absolute Gasteiger partial charge is 0.251 e. The molecule has 0 unspecified atom stereocenters. The van der Waals surface area contributed by atoms with E-state index in [1.165, 1.54) is 17.7 Å². The van der Waals surface area contributed by atoms with Crippen molar-refractivity contribution in [1.29, 1.82) is 0 Å². The number of amides is 1. The molecule has 2 aromatic heterocycles. The quantitative estimate of drug-likeness (QED) is 0.684. The van der Waals surface area contributed by atoms with Crippen LogP contribution in [-0.2, 0) is 0 Å². The monoisotopic (exact) mass is 394 g/mol. The van der Waals surface area contributed by atoms with Crippen molar-refractivity contribution in [2.75, 3.05) is 19.6 Å². The van der Waals surface area contributed by atoms with Gasteiger partial charge in [0.1, 0.15) is 0 Å². The predicted octanol–water partition coefficient (Wildman–Crippen LogP) is 4.12. The van der Waals surface area contributed by atoms with Gasteiger partial charge in [0.05, 0.1) is 17.4 Å². The SMILES string of the molecule is Cc1cc(C)n(-c2ccc(C(=O)NC[C@H](c3cccs3)N3CCCC3)cc2)n1. The molecule has 5 nitrogen and oxygen atoms in total. The van der Waals surface area contributed by atoms with Crippen molar-refractivity contribution >= 4 is 17.2 Å². The molecule has 0 aliphatic carbocycles. The maximum Gasteiger partial charge on any atom is 0.251 e. The van der Waals surface area contributed by atoms with Crippen LogP contribution in [0.3, 0.4) is 0 Å². The van der Waals surface area contributed by atoms with E-state index in [-0.39, 0.29) is 11.9 Å². The summed E-state index contributed by atoms with van der Waals surface area (Å²) in [4.78, 5) is 16.5. The number of nitrogens with zero attached hydrogens (tertiary/aromatic N) is 3. The summed E-state index contributed by atoms with van der Waals surface area (Å²) in [7, 11) is 0. The Labute approximate surface area is 170 Å². The van der Waals surface area contributed by atoms with Crippen LogP contribution in [0.15, 0.2) is 47.8 Å². The third kappa shape index (κ3) is 4.03. The number of aryl methyl sites for hydroxylation is 2. The fourth-order valence-electron chi connectivity index (χ4n) is 3.88. The maximum absolute atomic E-state index is 12.7. The molecule has 28 heavy (non-hydrogen) atoms. The van der Waals surface area contributed by atoms with Crippen LogP contribution in [0.5, 0.6) is 0 Å². The number of rotatable bonds is 6. The predicted molar refractivity (Wildman–Crippen MR) is 113 cm³/mol. The Morgan fingerprint density at radius 1 is 1.18 bits per heavy atom. The first-order valence-electron chi connectivity index (χ1n) is 9.81. The Bertz CT molecular complexity index is 924. The molecule has 1 amide bonds. The van der Waals surface area contributed by atoms with E-state index in [1.807, 2.05) is 48.9 Å². The standard InChI is InChI=1S/C22H26N4OS/c1-16-14-17(2)26(24-16)19-9-7-18(8-10-19)22(27)23-15-20(21-6-5-13-28-21)25-11-3-4-12-25/h5-10,13-14,20H,3-4,11-12,15H2,1-2H3,(H,23,27)/t20-/m1/s1. The van der Waals surface area contributed by atoms with Crippen LogP contribution in [0.25, 0.3) is 5.69 Å². The summed E-state index contributed by atoms with van der Waals surface area (Å²) in [5, 5.41) is 9.75. The highest BCUT2D eigenvalue weighted by molar-refractivity contribution is 7.10. The van der Waals surface area contributed by atoms with E-state index in [0.29, 0.717) is 12.1 Å². The number of carbonyl (C=O) groups excluding carboxylic acids is 1. The van der Waals surface area contributed by atoms with Crippen LogP contribution in [0.4, 0.5) is 0 Å². The summed E-state index contributed by atoms with van der Waals surface area (Å²) in [5.41, 5.74) is 3.72. The lowest BCUT2D eigenvalue weighted by molar-refractivity contribution is 0.0938. The molecule has 3 heterocycles. The molecule has 146 valence electrons. The molecule has 6 heteroatoms. The fraction of sp³-hybridized carbons (Fsp3) is 0.364. The zero-order valence-corrected chi connectivity index (χ0v) is 17.2. The van der Waals surface area contributed by atoms with Gasteiger partial charge >= 0.3 is 0 Å². The third-order valence-corrected chi connectivity index (χ3v) is 6.27. The summed E-state index contributed by atoms with van der Waals surface area (Å²) >= 11 is 1.77. The summed E-state index contributed by atoms with van der Waals surface area (Å²) in [5.74, 6) is -0.0272. The lowest BCUT2D eigenvalue weighted by Gasteiger charge is -2.27. The zero-order valence-electron chi connectivity index (χ0n) is 16.4. The van der Waals surface area contributed by atoms with Gasteiger partial charge in [0.25, 0.3) is 5.91 Å². The Hall–Kier alpha value is -2.44. The number of nitrogens with one attached hydrogen (secondary N) is 1. The summed E-state index contributed by atoms with van der Waals surface area (Å²) in [6, 6.07) is 14.2. The number of thiophene rings is 1. The number of hydrogen-bond donors (Lipinski definition) is 1. The highest BCUT2D eigenvalue weighted by Gasteiger charge is 2.24. The highest BCUT2D eigenvalue weighted by Crippen LogP contribution is 2.28. The molecule has 3 aromatic rings. The molecule has 1 atom stereocenters. The molecule has 1 aromatic carbocycles. The largest absolute Gasteiger partial charge is 0.350 e.